The van der Waals surface area contributed by atoms with Crippen LogP contribution in [-0.4, -0.2) is 31.1 Å². The Bertz CT molecular complexity index is 643. The summed E-state index contributed by atoms with van der Waals surface area (Å²) in [6.45, 7) is 3.11. The first kappa shape index (κ1) is 18.2. The average molecular weight is 345 g/mol. The number of hydrogen-bond acceptors (Lipinski definition) is 4. The highest BCUT2D eigenvalue weighted by Crippen LogP contribution is 2.16. The van der Waals surface area contributed by atoms with Crippen LogP contribution in [0.5, 0.6) is 11.5 Å². The number of amides is 1. The van der Waals surface area contributed by atoms with Gasteiger partial charge < -0.3 is 14.8 Å². The molecule has 2 aromatic carbocycles. The van der Waals surface area contributed by atoms with E-state index in [-0.39, 0.29) is 5.91 Å². The molecule has 0 radical (unpaired) electrons. The molecule has 0 saturated heterocycles. The molecular formula is C19H23NO3S. The molecule has 0 heterocycles. The summed E-state index contributed by atoms with van der Waals surface area (Å²) in [7, 11) is 1.63. The first-order chi connectivity index (χ1) is 11.7. The van der Waals surface area contributed by atoms with E-state index in [1.807, 2.05) is 55.5 Å². The van der Waals surface area contributed by atoms with E-state index >= 15 is 0 Å². The van der Waals surface area contributed by atoms with Gasteiger partial charge in [0.15, 0.2) is 0 Å². The second-order valence-corrected chi connectivity index (χ2v) is 6.41. The summed E-state index contributed by atoms with van der Waals surface area (Å²) in [6, 6.07) is 15.6. The Morgan fingerprint density at radius 1 is 1.12 bits per heavy atom. The normalized spacial score (nSPS) is 10.2. The number of rotatable bonds is 9. The van der Waals surface area contributed by atoms with Gasteiger partial charge in [0.1, 0.15) is 11.5 Å². The minimum absolute atomic E-state index is 0.0150. The molecule has 0 fully saturated rings. The first-order valence-electron chi connectivity index (χ1n) is 7.85. The SMILES string of the molecule is COc1ccccc1CNC(=O)CSCCOc1ccc(C)cc1. The maximum atomic E-state index is 11.9. The van der Waals surface area contributed by atoms with Crippen molar-refractivity contribution < 1.29 is 14.3 Å². The molecule has 2 rings (SSSR count). The largest absolute Gasteiger partial charge is 0.496 e. The van der Waals surface area contributed by atoms with Crippen LogP contribution in [0.1, 0.15) is 11.1 Å². The van der Waals surface area contributed by atoms with Gasteiger partial charge in [-0.15, -0.1) is 11.8 Å². The molecule has 24 heavy (non-hydrogen) atoms. The zero-order valence-corrected chi connectivity index (χ0v) is 14.9. The van der Waals surface area contributed by atoms with E-state index in [2.05, 4.69) is 5.32 Å². The Morgan fingerprint density at radius 3 is 2.62 bits per heavy atom. The molecule has 0 atom stereocenters. The minimum atomic E-state index is 0.0150. The van der Waals surface area contributed by atoms with Crippen LogP contribution < -0.4 is 14.8 Å². The third-order valence-corrected chi connectivity index (χ3v) is 4.34. The van der Waals surface area contributed by atoms with Gasteiger partial charge in [0.2, 0.25) is 5.91 Å². The van der Waals surface area contributed by atoms with E-state index < -0.39 is 0 Å². The van der Waals surface area contributed by atoms with E-state index in [0.29, 0.717) is 18.9 Å². The van der Waals surface area contributed by atoms with E-state index in [1.165, 1.54) is 5.56 Å². The van der Waals surface area contributed by atoms with E-state index in [1.54, 1.807) is 18.9 Å². The fraction of sp³-hybridized carbons (Fsp3) is 0.316. The molecule has 1 amide bonds. The number of hydrogen-bond donors (Lipinski definition) is 1. The number of aryl methyl sites for hydroxylation is 1. The summed E-state index contributed by atoms with van der Waals surface area (Å²) >= 11 is 1.56. The van der Waals surface area contributed by atoms with Crippen LogP contribution in [0.15, 0.2) is 48.5 Å². The van der Waals surface area contributed by atoms with Gasteiger partial charge in [-0.05, 0) is 25.1 Å². The van der Waals surface area contributed by atoms with Gasteiger partial charge in [0, 0.05) is 17.9 Å². The third kappa shape index (κ3) is 6.16. The summed E-state index contributed by atoms with van der Waals surface area (Å²) in [6.07, 6.45) is 0. The lowest BCUT2D eigenvalue weighted by Gasteiger charge is -2.09. The highest BCUT2D eigenvalue weighted by atomic mass is 32.2. The zero-order chi connectivity index (χ0) is 17.2. The molecule has 2 aromatic rings. The average Bonchev–Trinajstić information content (AvgIpc) is 2.61. The molecule has 0 spiro atoms. The Balaban J connectivity index is 1.60. The molecule has 128 valence electrons. The van der Waals surface area contributed by atoms with Crippen LogP contribution in [0.3, 0.4) is 0 Å². The second kappa shape index (κ2) is 9.88. The number of methoxy groups -OCH3 is 1. The van der Waals surface area contributed by atoms with Crippen molar-refractivity contribution in [3.63, 3.8) is 0 Å². The Morgan fingerprint density at radius 2 is 1.88 bits per heavy atom. The van der Waals surface area contributed by atoms with Crippen molar-refractivity contribution >= 4 is 17.7 Å². The van der Waals surface area contributed by atoms with Crippen molar-refractivity contribution in [2.75, 3.05) is 25.2 Å². The predicted octanol–water partition coefficient (Wildman–Crippen LogP) is 3.43. The fourth-order valence-electron chi connectivity index (χ4n) is 2.11. The lowest BCUT2D eigenvalue weighted by Crippen LogP contribution is -2.25. The lowest BCUT2D eigenvalue weighted by molar-refractivity contribution is -0.118. The number of para-hydroxylation sites is 1. The molecule has 0 unspecified atom stereocenters. The first-order valence-corrected chi connectivity index (χ1v) is 9.00. The number of carbonyl (C=O) groups is 1. The molecular weight excluding hydrogens is 322 g/mol. The van der Waals surface area contributed by atoms with Crippen molar-refractivity contribution in [2.24, 2.45) is 0 Å². The number of nitrogens with one attached hydrogen (secondary N) is 1. The van der Waals surface area contributed by atoms with Gasteiger partial charge in [0.25, 0.3) is 0 Å². The minimum Gasteiger partial charge on any atom is -0.496 e. The number of carbonyl (C=O) groups excluding carboxylic acids is 1. The topological polar surface area (TPSA) is 47.6 Å². The molecule has 5 heteroatoms. The number of thioether (sulfide) groups is 1. The van der Waals surface area contributed by atoms with E-state index in [4.69, 9.17) is 9.47 Å². The summed E-state index contributed by atoms with van der Waals surface area (Å²) in [5.74, 6) is 2.86. The monoisotopic (exact) mass is 345 g/mol. The van der Waals surface area contributed by atoms with E-state index in [9.17, 15) is 4.79 Å². The van der Waals surface area contributed by atoms with Crippen molar-refractivity contribution in [2.45, 2.75) is 13.5 Å². The predicted molar refractivity (Wildman–Crippen MR) is 98.8 cm³/mol. The summed E-state index contributed by atoms with van der Waals surface area (Å²) in [5, 5.41) is 2.91. The van der Waals surface area contributed by atoms with Crippen LogP contribution in [0.4, 0.5) is 0 Å². The van der Waals surface area contributed by atoms with Crippen LogP contribution in [0.25, 0.3) is 0 Å². The smallest absolute Gasteiger partial charge is 0.230 e. The number of benzene rings is 2. The summed E-state index contributed by atoms with van der Waals surface area (Å²) in [5.41, 5.74) is 2.18. The van der Waals surface area contributed by atoms with E-state index in [0.717, 1.165) is 22.8 Å². The third-order valence-electron chi connectivity index (χ3n) is 3.42. The molecule has 0 saturated carbocycles. The molecule has 0 aliphatic carbocycles. The Kier molecular flexibility index (Phi) is 7.49. The lowest BCUT2D eigenvalue weighted by atomic mass is 10.2. The molecule has 0 aromatic heterocycles. The fourth-order valence-corrected chi connectivity index (χ4v) is 2.74. The highest BCUT2D eigenvalue weighted by Gasteiger charge is 2.05. The van der Waals surface area contributed by atoms with Gasteiger partial charge in [-0.25, -0.2) is 0 Å². The van der Waals surface area contributed by atoms with Crippen LogP contribution >= 0.6 is 11.8 Å². The quantitative estimate of drug-likeness (QED) is 0.707. The standard InChI is InChI=1S/C19H23NO3S/c1-15-7-9-17(10-8-15)23-11-12-24-14-19(21)20-13-16-5-3-4-6-18(16)22-2/h3-10H,11-14H2,1-2H3,(H,20,21). The van der Waals surface area contributed by atoms with Crippen molar-refractivity contribution in [3.8, 4) is 11.5 Å². The molecule has 0 aliphatic rings. The summed E-state index contributed by atoms with van der Waals surface area (Å²) in [4.78, 5) is 11.9. The highest BCUT2D eigenvalue weighted by molar-refractivity contribution is 7.99. The Hall–Kier alpha value is -2.14. The molecule has 4 nitrogen and oxygen atoms in total. The van der Waals surface area contributed by atoms with Crippen molar-refractivity contribution in [3.05, 3.63) is 59.7 Å². The van der Waals surface area contributed by atoms with Crippen LogP contribution in [-0.2, 0) is 11.3 Å². The number of ether oxygens (including phenoxy) is 2. The van der Waals surface area contributed by atoms with Gasteiger partial charge in [-0.3, -0.25) is 4.79 Å². The molecule has 0 bridgehead atoms. The van der Waals surface area contributed by atoms with Gasteiger partial charge >= 0.3 is 0 Å². The van der Waals surface area contributed by atoms with Crippen LogP contribution in [0, 0.1) is 6.92 Å². The van der Waals surface area contributed by atoms with Gasteiger partial charge in [-0.1, -0.05) is 35.9 Å². The molecule has 1 N–H and O–H groups in total. The van der Waals surface area contributed by atoms with Crippen molar-refractivity contribution in [1.29, 1.82) is 0 Å². The maximum Gasteiger partial charge on any atom is 0.230 e. The van der Waals surface area contributed by atoms with Crippen molar-refractivity contribution in [1.82, 2.24) is 5.32 Å². The second-order valence-electron chi connectivity index (χ2n) is 5.30. The molecule has 0 aliphatic heterocycles. The van der Waals surface area contributed by atoms with Gasteiger partial charge in [0.05, 0.1) is 19.5 Å². The Labute approximate surface area is 147 Å². The maximum absolute atomic E-state index is 11.9. The zero-order valence-electron chi connectivity index (χ0n) is 14.1. The van der Waals surface area contributed by atoms with Crippen LogP contribution in [0.2, 0.25) is 0 Å². The van der Waals surface area contributed by atoms with Gasteiger partial charge in [-0.2, -0.15) is 0 Å². The summed E-state index contributed by atoms with van der Waals surface area (Å²) < 4.78 is 10.9.